The zero-order valence-electron chi connectivity index (χ0n) is 8.96. The van der Waals surface area contributed by atoms with Gasteiger partial charge in [-0.1, -0.05) is 42.8 Å². The van der Waals surface area contributed by atoms with E-state index < -0.39 is 0 Å². The predicted molar refractivity (Wildman–Crippen MR) is 61.1 cm³/mol. The average Bonchev–Trinajstić information content (AvgIpc) is 2.19. The lowest BCUT2D eigenvalue weighted by atomic mass is 10.0. The molecule has 1 rings (SSSR count). The first kappa shape index (κ1) is 11.0. The van der Waals surface area contributed by atoms with Gasteiger partial charge in [0.15, 0.2) is 0 Å². The van der Waals surface area contributed by atoms with Crippen molar-refractivity contribution >= 4 is 5.57 Å². The van der Waals surface area contributed by atoms with E-state index in [1.807, 2.05) is 0 Å². The standard InChI is InChI=1S/C13H18O/c1-3-4-12(9-10-14)13-7-5-11(2)6-8-13/h4-8,14H,3,9-10H2,1-2H3. The number of hydrogen-bond acceptors (Lipinski definition) is 1. The van der Waals surface area contributed by atoms with E-state index in [1.54, 1.807) is 0 Å². The third-order valence-electron chi connectivity index (χ3n) is 2.25. The van der Waals surface area contributed by atoms with E-state index in [-0.39, 0.29) is 6.61 Å². The van der Waals surface area contributed by atoms with Crippen molar-refractivity contribution in [2.45, 2.75) is 26.7 Å². The summed E-state index contributed by atoms with van der Waals surface area (Å²) >= 11 is 0. The van der Waals surface area contributed by atoms with E-state index in [1.165, 1.54) is 16.7 Å². The van der Waals surface area contributed by atoms with Crippen molar-refractivity contribution in [3.05, 3.63) is 41.5 Å². The number of aliphatic hydroxyl groups excluding tert-OH is 1. The summed E-state index contributed by atoms with van der Waals surface area (Å²) in [6, 6.07) is 8.45. The molecule has 1 heteroatoms. The van der Waals surface area contributed by atoms with Crippen LogP contribution in [0.4, 0.5) is 0 Å². The second-order valence-electron chi connectivity index (χ2n) is 3.48. The second kappa shape index (κ2) is 5.61. The van der Waals surface area contributed by atoms with Crippen LogP contribution in [0, 0.1) is 6.92 Å². The number of benzene rings is 1. The summed E-state index contributed by atoms with van der Waals surface area (Å²) < 4.78 is 0. The van der Waals surface area contributed by atoms with Gasteiger partial charge < -0.3 is 5.11 Å². The Hall–Kier alpha value is -1.08. The first-order valence-electron chi connectivity index (χ1n) is 5.15. The Morgan fingerprint density at radius 2 is 1.93 bits per heavy atom. The Bertz CT molecular complexity index is 296. The molecule has 1 nitrogen and oxygen atoms in total. The van der Waals surface area contributed by atoms with Crippen molar-refractivity contribution in [1.82, 2.24) is 0 Å². The van der Waals surface area contributed by atoms with Crippen LogP contribution in [0.3, 0.4) is 0 Å². The molecular weight excluding hydrogens is 172 g/mol. The molecule has 0 aliphatic rings. The van der Waals surface area contributed by atoms with Crippen molar-refractivity contribution in [3.8, 4) is 0 Å². The fourth-order valence-electron chi connectivity index (χ4n) is 1.50. The highest BCUT2D eigenvalue weighted by Gasteiger charge is 1.99. The quantitative estimate of drug-likeness (QED) is 0.773. The molecule has 0 fully saturated rings. The van der Waals surface area contributed by atoms with E-state index in [0.717, 1.165) is 12.8 Å². The summed E-state index contributed by atoms with van der Waals surface area (Å²) in [4.78, 5) is 0. The van der Waals surface area contributed by atoms with E-state index in [9.17, 15) is 0 Å². The zero-order chi connectivity index (χ0) is 10.4. The molecule has 0 aromatic heterocycles. The van der Waals surface area contributed by atoms with Gasteiger partial charge in [0.1, 0.15) is 0 Å². The van der Waals surface area contributed by atoms with Gasteiger partial charge >= 0.3 is 0 Å². The highest BCUT2D eigenvalue weighted by Crippen LogP contribution is 2.18. The summed E-state index contributed by atoms with van der Waals surface area (Å²) in [6.45, 7) is 4.42. The summed E-state index contributed by atoms with van der Waals surface area (Å²) in [7, 11) is 0. The Morgan fingerprint density at radius 1 is 1.29 bits per heavy atom. The SMILES string of the molecule is CCC=C(CCO)c1ccc(C)cc1. The van der Waals surface area contributed by atoms with Gasteiger partial charge in [-0.3, -0.25) is 0 Å². The minimum Gasteiger partial charge on any atom is -0.396 e. The lowest BCUT2D eigenvalue weighted by Gasteiger charge is -2.06. The fraction of sp³-hybridized carbons (Fsp3) is 0.385. The van der Waals surface area contributed by atoms with E-state index >= 15 is 0 Å². The molecule has 76 valence electrons. The fourth-order valence-corrected chi connectivity index (χ4v) is 1.50. The van der Waals surface area contributed by atoms with Crippen LogP contribution in [-0.4, -0.2) is 11.7 Å². The molecule has 0 radical (unpaired) electrons. The van der Waals surface area contributed by atoms with Crippen LogP contribution < -0.4 is 0 Å². The van der Waals surface area contributed by atoms with Crippen LogP contribution >= 0.6 is 0 Å². The summed E-state index contributed by atoms with van der Waals surface area (Å²) in [5, 5.41) is 8.94. The van der Waals surface area contributed by atoms with Crippen molar-refractivity contribution in [3.63, 3.8) is 0 Å². The molecule has 14 heavy (non-hydrogen) atoms. The van der Waals surface area contributed by atoms with Gasteiger partial charge in [0.2, 0.25) is 0 Å². The zero-order valence-corrected chi connectivity index (χ0v) is 8.96. The molecule has 0 heterocycles. The third kappa shape index (κ3) is 3.00. The summed E-state index contributed by atoms with van der Waals surface area (Å²) in [6.07, 6.45) is 3.95. The number of hydrogen-bond donors (Lipinski definition) is 1. The Morgan fingerprint density at radius 3 is 2.43 bits per heavy atom. The minimum absolute atomic E-state index is 0.222. The van der Waals surface area contributed by atoms with Crippen molar-refractivity contribution in [2.24, 2.45) is 0 Å². The molecule has 1 aromatic carbocycles. The highest BCUT2D eigenvalue weighted by molar-refractivity contribution is 5.65. The number of aryl methyl sites for hydroxylation is 1. The van der Waals surface area contributed by atoms with Gasteiger partial charge in [-0.25, -0.2) is 0 Å². The molecule has 0 bridgehead atoms. The topological polar surface area (TPSA) is 20.2 Å². The monoisotopic (exact) mass is 190 g/mol. The molecule has 1 aromatic rings. The molecule has 0 atom stereocenters. The maximum Gasteiger partial charge on any atom is 0.0471 e. The molecule has 1 N–H and O–H groups in total. The smallest absolute Gasteiger partial charge is 0.0471 e. The van der Waals surface area contributed by atoms with E-state index in [0.29, 0.717) is 0 Å². The van der Waals surface area contributed by atoms with Crippen molar-refractivity contribution in [2.75, 3.05) is 6.61 Å². The Kier molecular flexibility index (Phi) is 4.41. The molecule has 0 amide bonds. The summed E-state index contributed by atoms with van der Waals surface area (Å²) in [5.74, 6) is 0. The predicted octanol–water partition coefficient (Wildman–Crippen LogP) is 3.17. The first-order valence-corrected chi connectivity index (χ1v) is 5.15. The van der Waals surface area contributed by atoms with Crippen LogP contribution in [0.1, 0.15) is 30.9 Å². The maximum absolute atomic E-state index is 8.94. The summed E-state index contributed by atoms with van der Waals surface area (Å²) in [5.41, 5.74) is 3.75. The Labute approximate surface area is 86.1 Å². The minimum atomic E-state index is 0.222. The third-order valence-corrected chi connectivity index (χ3v) is 2.25. The largest absolute Gasteiger partial charge is 0.396 e. The molecule has 0 saturated carbocycles. The Balaban J connectivity index is 2.88. The van der Waals surface area contributed by atoms with E-state index in [2.05, 4.69) is 44.2 Å². The van der Waals surface area contributed by atoms with Crippen molar-refractivity contribution in [1.29, 1.82) is 0 Å². The molecule has 0 aliphatic carbocycles. The van der Waals surface area contributed by atoms with Crippen molar-refractivity contribution < 1.29 is 5.11 Å². The number of aliphatic hydroxyl groups is 1. The molecule has 0 aliphatic heterocycles. The van der Waals surface area contributed by atoms with Crippen LogP contribution in [0.25, 0.3) is 5.57 Å². The maximum atomic E-state index is 8.94. The average molecular weight is 190 g/mol. The van der Waals surface area contributed by atoms with Crippen LogP contribution in [0.5, 0.6) is 0 Å². The first-order chi connectivity index (χ1) is 6.77. The number of rotatable bonds is 4. The normalized spacial score (nSPS) is 11.8. The van der Waals surface area contributed by atoms with Crippen LogP contribution in [0.15, 0.2) is 30.3 Å². The van der Waals surface area contributed by atoms with Gasteiger partial charge in [0.25, 0.3) is 0 Å². The molecule has 0 saturated heterocycles. The van der Waals surface area contributed by atoms with Gasteiger partial charge in [0.05, 0.1) is 0 Å². The highest BCUT2D eigenvalue weighted by atomic mass is 16.2. The van der Waals surface area contributed by atoms with Crippen LogP contribution in [0.2, 0.25) is 0 Å². The van der Waals surface area contributed by atoms with Gasteiger partial charge in [-0.2, -0.15) is 0 Å². The second-order valence-corrected chi connectivity index (χ2v) is 3.48. The van der Waals surface area contributed by atoms with E-state index in [4.69, 9.17) is 5.11 Å². The van der Waals surface area contributed by atoms with Gasteiger partial charge in [-0.05, 0) is 30.9 Å². The lowest BCUT2D eigenvalue weighted by Crippen LogP contribution is -1.89. The van der Waals surface area contributed by atoms with Crippen LogP contribution in [-0.2, 0) is 0 Å². The molecule has 0 spiro atoms. The number of allylic oxidation sites excluding steroid dienone is 1. The van der Waals surface area contributed by atoms with Gasteiger partial charge in [-0.15, -0.1) is 0 Å². The molecular formula is C13H18O. The molecule has 0 unspecified atom stereocenters. The van der Waals surface area contributed by atoms with Gasteiger partial charge in [0, 0.05) is 6.61 Å². The lowest BCUT2D eigenvalue weighted by molar-refractivity contribution is 0.305.